The summed E-state index contributed by atoms with van der Waals surface area (Å²) in [5.74, 6) is 4.99. The Labute approximate surface area is 118 Å². The lowest BCUT2D eigenvalue weighted by atomic mass is 9.80. The summed E-state index contributed by atoms with van der Waals surface area (Å²) in [4.78, 5) is 15.9. The van der Waals surface area contributed by atoms with Crippen molar-refractivity contribution in [2.75, 3.05) is 5.43 Å². The molecule has 1 aliphatic carbocycles. The van der Waals surface area contributed by atoms with Crippen molar-refractivity contribution < 1.29 is 9.18 Å². The molecule has 3 unspecified atom stereocenters. The van der Waals surface area contributed by atoms with Gasteiger partial charge in [0.25, 0.3) is 5.91 Å². The van der Waals surface area contributed by atoms with Crippen molar-refractivity contribution in [3.05, 3.63) is 23.6 Å². The Bertz CT molecular complexity index is 494. The second-order valence-electron chi connectivity index (χ2n) is 5.64. The second kappa shape index (κ2) is 6.17. The van der Waals surface area contributed by atoms with Gasteiger partial charge in [0.1, 0.15) is 0 Å². The van der Waals surface area contributed by atoms with Gasteiger partial charge in [-0.25, -0.2) is 15.2 Å². The van der Waals surface area contributed by atoms with Crippen LogP contribution in [0.1, 0.15) is 43.5 Å². The SMILES string of the molecule is CC1CCC(NC(=O)c2ccnc(NN)c2F)C(C)C1. The van der Waals surface area contributed by atoms with Gasteiger partial charge in [-0.05, 0) is 37.2 Å². The second-order valence-corrected chi connectivity index (χ2v) is 5.64. The van der Waals surface area contributed by atoms with Crippen LogP contribution in [0, 0.1) is 17.7 Å². The molecule has 1 fully saturated rings. The summed E-state index contributed by atoms with van der Waals surface area (Å²) >= 11 is 0. The van der Waals surface area contributed by atoms with Crippen LogP contribution in [0.3, 0.4) is 0 Å². The highest BCUT2D eigenvalue weighted by Crippen LogP contribution is 2.29. The molecule has 0 bridgehead atoms. The van der Waals surface area contributed by atoms with E-state index in [0.29, 0.717) is 11.8 Å². The number of nitrogens with zero attached hydrogens (tertiary/aromatic N) is 1. The zero-order valence-electron chi connectivity index (χ0n) is 11.8. The first kappa shape index (κ1) is 14.7. The van der Waals surface area contributed by atoms with Gasteiger partial charge in [-0.15, -0.1) is 0 Å². The number of nitrogens with two attached hydrogens (primary N) is 1. The van der Waals surface area contributed by atoms with Crippen LogP contribution in [-0.2, 0) is 0 Å². The summed E-state index contributed by atoms with van der Waals surface area (Å²) in [5.41, 5.74) is 2.11. The predicted molar refractivity (Wildman–Crippen MR) is 75.4 cm³/mol. The fourth-order valence-electron chi connectivity index (χ4n) is 2.85. The minimum absolute atomic E-state index is 0.0289. The first-order chi connectivity index (χ1) is 9.52. The number of hydrogen-bond donors (Lipinski definition) is 3. The van der Waals surface area contributed by atoms with Crippen LogP contribution in [0.2, 0.25) is 0 Å². The third kappa shape index (κ3) is 3.07. The molecule has 5 nitrogen and oxygen atoms in total. The Morgan fingerprint density at radius 1 is 1.45 bits per heavy atom. The number of nitrogens with one attached hydrogen (secondary N) is 2. The molecule has 110 valence electrons. The summed E-state index contributed by atoms with van der Waals surface area (Å²) in [6.07, 6.45) is 4.46. The number of amides is 1. The van der Waals surface area contributed by atoms with Crippen LogP contribution in [0.25, 0.3) is 0 Å². The lowest BCUT2D eigenvalue weighted by Gasteiger charge is -2.33. The largest absolute Gasteiger partial charge is 0.349 e. The number of nitrogen functional groups attached to an aromatic ring is 1. The van der Waals surface area contributed by atoms with Gasteiger partial charge in [0, 0.05) is 12.2 Å². The number of hydrazine groups is 1. The molecule has 1 aromatic heterocycles. The number of rotatable bonds is 3. The number of halogens is 1. The van der Waals surface area contributed by atoms with E-state index in [1.165, 1.54) is 12.3 Å². The highest BCUT2D eigenvalue weighted by Gasteiger charge is 2.27. The quantitative estimate of drug-likeness (QED) is 0.585. The number of anilines is 1. The summed E-state index contributed by atoms with van der Waals surface area (Å²) in [5, 5.41) is 2.92. The topological polar surface area (TPSA) is 80.0 Å². The number of hydrogen-bond acceptors (Lipinski definition) is 4. The van der Waals surface area contributed by atoms with Crippen molar-refractivity contribution in [3.63, 3.8) is 0 Å². The van der Waals surface area contributed by atoms with Crippen molar-refractivity contribution in [2.24, 2.45) is 17.7 Å². The molecule has 1 aromatic rings. The van der Waals surface area contributed by atoms with E-state index in [9.17, 15) is 9.18 Å². The summed E-state index contributed by atoms with van der Waals surface area (Å²) in [6, 6.07) is 1.46. The van der Waals surface area contributed by atoms with E-state index in [4.69, 9.17) is 5.84 Å². The Morgan fingerprint density at radius 2 is 2.20 bits per heavy atom. The minimum atomic E-state index is -0.718. The molecule has 20 heavy (non-hydrogen) atoms. The number of carbonyl (C=O) groups is 1. The molecule has 3 atom stereocenters. The fraction of sp³-hybridized carbons (Fsp3) is 0.571. The van der Waals surface area contributed by atoms with Crippen molar-refractivity contribution >= 4 is 11.7 Å². The van der Waals surface area contributed by atoms with Crippen LogP contribution in [0.4, 0.5) is 10.2 Å². The third-order valence-electron chi connectivity index (χ3n) is 4.02. The first-order valence-electron chi connectivity index (χ1n) is 6.95. The summed E-state index contributed by atoms with van der Waals surface area (Å²) in [7, 11) is 0. The normalized spacial score (nSPS) is 26.1. The van der Waals surface area contributed by atoms with Gasteiger partial charge in [-0.2, -0.15) is 0 Å². The van der Waals surface area contributed by atoms with E-state index < -0.39 is 11.7 Å². The minimum Gasteiger partial charge on any atom is -0.349 e. The average molecular weight is 280 g/mol. The standard InChI is InChI=1S/C14H21FN4O/c1-8-3-4-11(9(2)7-8)18-14(20)10-5-6-17-13(19-16)12(10)15/h5-6,8-9,11H,3-4,7,16H2,1-2H3,(H,17,19)(H,18,20). The molecule has 4 N–H and O–H groups in total. The van der Waals surface area contributed by atoms with Gasteiger partial charge >= 0.3 is 0 Å². The van der Waals surface area contributed by atoms with Crippen molar-refractivity contribution in [1.82, 2.24) is 10.3 Å². The highest BCUT2D eigenvalue weighted by molar-refractivity contribution is 5.95. The number of aromatic nitrogens is 1. The molecule has 6 heteroatoms. The first-order valence-corrected chi connectivity index (χ1v) is 6.95. The van der Waals surface area contributed by atoms with Crippen LogP contribution >= 0.6 is 0 Å². The highest BCUT2D eigenvalue weighted by atomic mass is 19.1. The number of carbonyl (C=O) groups excluding carboxylic acids is 1. The van der Waals surface area contributed by atoms with E-state index in [2.05, 4.69) is 29.6 Å². The predicted octanol–water partition coefficient (Wildman–Crippen LogP) is 2.06. The molecule has 0 aliphatic heterocycles. The molecule has 0 aromatic carbocycles. The Hall–Kier alpha value is -1.69. The fourth-order valence-corrected chi connectivity index (χ4v) is 2.85. The summed E-state index contributed by atoms with van der Waals surface area (Å²) < 4.78 is 14.0. The van der Waals surface area contributed by atoms with Crippen LogP contribution in [0.5, 0.6) is 0 Å². The Morgan fingerprint density at radius 3 is 2.85 bits per heavy atom. The molecule has 0 radical (unpaired) electrons. The van der Waals surface area contributed by atoms with E-state index in [1.807, 2.05) is 0 Å². The van der Waals surface area contributed by atoms with E-state index in [-0.39, 0.29) is 17.4 Å². The lowest BCUT2D eigenvalue weighted by molar-refractivity contribution is 0.0895. The molecule has 1 aliphatic rings. The Kier molecular flexibility index (Phi) is 4.54. The average Bonchev–Trinajstić information content (AvgIpc) is 2.42. The van der Waals surface area contributed by atoms with Gasteiger partial charge in [-0.3, -0.25) is 4.79 Å². The zero-order valence-corrected chi connectivity index (χ0v) is 11.8. The molecule has 1 saturated carbocycles. The number of pyridine rings is 1. The Balaban J connectivity index is 2.09. The monoisotopic (exact) mass is 280 g/mol. The van der Waals surface area contributed by atoms with Gasteiger partial charge in [-0.1, -0.05) is 13.8 Å². The molecular formula is C14H21FN4O. The molecule has 1 heterocycles. The molecule has 2 rings (SSSR count). The molecule has 1 amide bonds. The molecular weight excluding hydrogens is 259 g/mol. The lowest BCUT2D eigenvalue weighted by Crippen LogP contribution is -2.42. The zero-order chi connectivity index (χ0) is 14.7. The van der Waals surface area contributed by atoms with E-state index in [0.717, 1.165) is 19.3 Å². The smallest absolute Gasteiger partial charge is 0.254 e. The van der Waals surface area contributed by atoms with Crippen LogP contribution in [0.15, 0.2) is 12.3 Å². The van der Waals surface area contributed by atoms with E-state index >= 15 is 0 Å². The van der Waals surface area contributed by atoms with Crippen molar-refractivity contribution in [2.45, 2.75) is 39.2 Å². The molecule has 0 spiro atoms. The van der Waals surface area contributed by atoms with Crippen LogP contribution in [-0.4, -0.2) is 16.9 Å². The van der Waals surface area contributed by atoms with Gasteiger partial charge in [0.05, 0.1) is 5.56 Å². The maximum atomic E-state index is 14.0. The van der Waals surface area contributed by atoms with Crippen LogP contribution < -0.4 is 16.6 Å². The van der Waals surface area contributed by atoms with Gasteiger partial charge in [0.15, 0.2) is 11.6 Å². The summed E-state index contributed by atoms with van der Waals surface area (Å²) in [6.45, 7) is 4.34. The maximum Gasteiger partial charge on any atom is 0.254 e. The van der Waals surface area contributed by atoms with Gasteiger partial charge < -0.3 is 10.7 Å². The third-order valence-corrected chi connectivity index (χ3v) is 4.02. The maximum absolute atomic E-state index is 14.0. The van der Waals surface area contributed by atoms with Crippen molar-refractivity contribution in [3.8, 4) is 0 Å². The molecule has 0 saturated heterocycles. The van der Waals surface area contributed by atoms with Gasteiger partial charge in [0.2, 0.25) is 0 Å². The van der Waals surface area contributed by atoms with E-state index in [1.54, 1.807) is 0 Å². The van der Waals surface area contributed by atoms with Crippen molar-refractivity contribution in [1.29, 1.82) is 0 Å².